The Morgan fingerprint density at radius 3 is 2.67 bits per heavy atom. The zero-order valence-electron chi connectivity index (χ0n) is 12.4. The monoisotopic (exact) mass is 295 g/mol. The third-order valence-corrected chi connectivity index (χ3v) is 2.65. The molecule has 0 bridgehead atoms. The second-order valence-corrected chi connectivity index (χ2v) is 4.32. The van der Waals surface area contributed by atoms with Crippen molar-refractivity contribution in [1.82, 2.24) is 0 Å². The largest absolute Gasteiger partial charge is 0.382 e. The van der Waals surface area contributed by atoms with E-state index in [1.54, 1.807) is 19.2 Å². The maximum Gasteiger partial charge on any atom is 0.129 e. The highest BCUT2D eigenvalue weighted by Gasteiger charge is 2.03. The molecule has 0 radical (unpaired) electrons. The van der Waals surface area contributed by atoms with Gasteiger partial charge in [-0.3, -0.25) is 0 Å². The Hall–Kier alpha value is -1.45. The fraction of sp³-hybridized carbons (Fsp3) is 0.500. The highest BCUT2D eigenvalue weighted by atomic mass is 19.1. The molecule has 2 N–H and O–H groups in total. The molecule has 0 aromatic heterocycles. The van der Waals surface area contributed by atoms with Crippen molar-refractivity contribution in [3.05, 3.63) is 35.1 Å². The Kier molecular flexibility index (Phi) is 9.42. The molecule has 0 spiro atoms. The average Bonchev–Trinajstić information content (AvgIpc) is 2.49. The SMILES string of the molecule is COCCOCCCOCc1ccc(C#CCN)cc1F. The van der Waals surface area contributed by atoms with Crippen LogP contribution in [0.25, 0.3) is 0 Å². The van der Waals surface area contributed by atoms with Crippen LogP contribution in [0.15, 0.2) is 18.2 Å². The van der Waals surface area contributed by atoms with E-state index in [2.05, 4.69) is 11.8 Å². The Morgan fingerprint density at radius 1 is 1.14 bits per heavy atom. The van der Waals surface area contributed by atoms with Crippen molar-refractivity contribution in [3.8, 4) is 11.8 Å². The van der Waals surface area contributed by atoms with Crippen LogP contribution in [-0.4, -0.2) is 40.1 Å². The summed E-state index contributed by atoms with van der Waals surface area (Å²) in [6.07, 6.45) is 0.769. The van der Waals surface area contributed by atoms with E-state index in [9.17, 15) is 4.39 Å². The van der Waals surface area contributed by atoms with Crippen LogP contribution < -0.4 is 5.73 Å². The lowest BCUT2D eigenvalue weighted by molar-refractivity contribution is 0.0479. The molecule has 0 unspecified atom stereocenters. The van der Waals surface area contributed by atoms with Crippen LogP contribution >= 0.6 is 0 Å². The first-order valence-electron chi connectivity index (χ1n) is 6.89. The van der Waals surface area contributed by atoms with Gasteiger partial charge in [0.25, 0.3) is 0 Å². The molecule has 1 aromatic rings. The molecule has 0 fully saturated rings. The van der Waals surface area contributed by atoms with Gasteiger partial charge in [-0.25, -0.2) is 4.39 Å². The molecule has 4 nitrogen and oxygen atoms in total. The van der Waals surface area contributed by atoms with Gasteiger partial charge in [-0.05, 0) is 18.6 Å². The third kappa shape index (κ3) is 7.78. The molecule has 0 saturated heterocycles. The minimum Gasteiger partial charge on any atom is -0.382 e. The molecule has 116 valence electrons. The van der Waals surface area contributed by atoms with Crippen molar-refractivity contribution in [1.29, 1.82) is 0 Å². The number of ether oxygens (including phenoxy) is 3. The second-order valence-electron chi connectivity index (χ2n) is 4.32. The maximum atomic E-state index is 13.8. The first-order valence-corrected chi connectivity index (χ1v) is 6.89. The first kappa shape index (κ1) is 17.6. The standard InChI is InChI=1S/C16H22FNO3/c1-19-10-11-20-8-3-9-21-13-15-6-5-14(4-2-7-18)12-16(15)17/h5-6,12H,3,7-11,13,18H2,1H3. The lowest BCUT2D eigenvalue weighted by atomic mass is 10.1. The fourth-order valence-electron chi connectivity index (χ4n) is 1.58. The number of benzene rings is 1. The van der Waals surface area contributed by atoms with Gasteiger partial charge in [0.05, 0.1) is 26.4 Å². The van der Waals surface area contributed by atoms with Gasteiger partial charge in [-0.2, -0.15) is 0 Å². The van der Waals surface area contributed by atoms with Gasteiger partial charge in [0.2, 0.25) is 0 Å². The van der Waals surface area contributed by atoms with Crippen LogP contribution in [-0.2, 0) is 20.8 Å². The van der Waals surface area contributed by atoms with E-state index < -0.39 is 0 Å². The van der Waals surface area contributed by atoms with Crippen LogP contribution in [0.1, 0.15) is 17.5 Å². The number of hydrogen-bond donors (Lipinski definition) is 1. The van der Waals surface area contributed by atoms with Crippen LogP contribution in [0.5, 0.6) is 0 Å². The van der Waals surface area contributed by atoms with E-state index >= 15 is 0 Å². The van der Waals surface area contributed by atoms with Gasteiger partial charge in [0, 0.05) is 31.5 Å². The molecule has 0 heterocycles. The molecular formula is C16H22FNO3. The lowest BCUT2D eigenvalue weighted by Crippen LogP contribution is -2.06. The lowest BCUT2D eigenvalue weighted by Gasteiger charge is -2.06. The number of nitrogens with two attached hydrogens (primary N) is 1. The molecule has 0 aliphatic rings. The molecule has 0 aliphatic carbocycles. The average molecular weight is 295 g/mol. The van der Waals surface area contributed by atoms with Crippen molar-refractivity contribution in [3.63, 3.8) is 0 Å². The molecule has 1 aromatic carbocycles. The highest BCUT2D eigenvalue weighted by Crippen LogP contribution is 2.11. The van der Waals surface area contributed by atoms with Crippen molar-refractivity contribution in [2.24, 2.45) is 5.73 Å². The summed E-state index contributed by atoms with van der Waals surface area (Å²) in [6, 6.07) is 4.85. The smallest absolute Gasteiger partial charge is 0.129 e. The number of hydrogen-bond acceptors (Lipinski definition) is 4. The summed E-state index contributed by atoms with van der Waals surface area (Å²) in [5, 5.41) is 0. The molecule has 0 saturated carbocycles. The molecule has 0 amide bonds. The Balaban J connectivity index is 2.23. The Morgan fingerprint density at radius 2 is 1.95 bits per heavy atom. The van der Waals surface area contributed by atoms with Crippen LogP contribution in [0.3, 0.4) is 0 Å². The van der Waals surface area contributed by atoms with Gasteiger partial charge in [-0.1, -0.05) is 17.9 Å². The van der Waals surface area contributed by atoms with E-state index in [1.807, 2.05) is 0 Å². The Bertz CT molecular complexity index is 468. The molecule has 1 rings (SSSR count). The van der Waals surface area contributed by atoms with Gasteiger partial charge in [0.1, 0.15) is 5.82 Å². The van der Waals surface area contributed by atoms with Crippen LogP contribution in [0.2, 0.25) is 0 Å². The zero-order valence-corrected chi connectivity index (χ0v) is 12.4. The van der Waals surface area contributed by atoms with E-state index in [-0.39, 0.29) is 19.0 Å². The summed E-state index contributed by atoms with van der Waals surface area (Å²) in [5.74, 6) is 5.17. The molecule has 5 heteroatoms. The summed E-state index contributed by atoms with van der Waals surface area (Å²) in [4.78, 5) is 0. The van der Waals surface area contributed by atoms with Gasteiger partial charge < -0.3 is 19.9 Å². The van der Waals surface area contributed by atoms with Gasteiger partial charge >= 0.3 is 0 Å². The quantitative estimate of drug-likeness (QED) is 0.556. The minimum atomic E-state index is -0.310. The number of rotatable bonds is 9. The first-order chi connectivity index (χ1) is 10.3. The molecule has 0 aliphatic heterocycles. The molecular weight excluding hydrogens is 273 g/mol. The number of halogens is 1. The fourth-order valence-corrected chi connectivity index (χ4v) is 1.58. The third-order valence-electron chi connectivity index (χ3n) is 2.65. The molecule has 0 atom stereocenters. The predicted octanol–water partition coefficient (Wildman–Crippen LogP) is 1.71. The van der Waals surface area contributed by atoms with Crippen LogP contribution in [0, 0.1) is 17.7 Å². The highest BCUT2D eigenvalue weighted by molar-refractivity contribution is 5.37. The molecule has 21 heavy (non-hydrogen) atoms. The maximum absolute atomic E-state index is 13.8. The van der Waals surface area contributed by atoms with Gasteiger partial charge in [-0.15, -0.1) is 0 Å². The van der Waals surface area contributed by atoms with Gasteiger partial charge in [0.15, 0.2) is 0 Å². The van der Waals surface area contributed by atoms with Crippen molar-refractivity contribution in [2.75, 3.05) is 40.1 Å². The van der Waals surface area contributed by atoms with Crippen molar-refractivity contribution in [2.45, 2.75) is 13.0 Å². The van der Waals surface area contributed by atoms with E-state index in [1.165, 1.54) is 6.07 Å². The second kappa shape index (κ2) is 11.2. The van der Waals surface area contributed by atoms with E-state index in [0.29, 0.717) is 37.6 Å². The van der Waals surface area contributed by atoms with E-state index in [0.717, 1.165) is 6.42 Å². The van der Waals surface area contributed by atoms with Crippen molar-refractivity contribution >= 4 is 0 Å². The summed E-state index contributed by atoms with van der Waals surface area (Å²) < 4.78 is 29.4. The summed E-state index contributed by atoms with van der Waals surface area (Å²) in [6.45, 7) is 2.82. The number of methoxy groups -OCH3 is 1. The predicted molar refractivity (Wildman–Crippen MR) is 79.3 cm³/mol. The topological polar surface area (TPSA) is 53.7 Å². The zero-order chi connectivity index (χ0) is 15.3. The van der Waals surface area contributed by atoms with Crippen LogP contribution in [0.4, 0.5) is 4.39 Å². The van der Waals surface area contributed by atoms with E-state index in [4.69, 9.17) is 19.9 Å². The Labute approximate surface area is 125 Å². The summed E-state index contributed by atoms with van der Waals surface area (Å²) in [7, 11) is 1.63. The minimum absolute atomic E-state index is 0.245. The summed E-state index contributed by atoms with van der Waals surface area (Å²) >= 11 is 0. The van der Waals surface area contributed by atoms with Crippen molar-refractivity contribution < 1.29 is 18.6 Å². The summed E-state index contributed by atoms with van der Waals surface area (Å²) in [5.41, 5.74) is 6.41. The normalized spacial score (nSPS) is 10.2.